The highest BCUT2D eigenvalue weighted by atomic mass is 35.5. The number of rotatable bonds is 4. The fraction of sp³-hybridized carbons (Fsp3) is 0.235. The van der Waals surface area contributed by atoms with Gasteiger partial charge in [-0.25, -0.2) is 0 Å². The molecule has 0 N–H and O–H groups in total. The molecule has 9 heteroatoms. The first-order valence-corrected chi connectivity index (χ1v) is 7.94. The SMILES string of the molecule is O=C(C(Cl)c1ccc(C(F)(F)F)cc1)C(Cl)c1ccc(C(F)(F)F)cc1. The van der Waals surface area contributed by atoms with E-state index >= 15 is 0 Å². The zero-order valence-corrected chi connectivity index (χ0v) is 14.2. The highest BCUT2D eigenvalue weighted by Crippen LogP contribution is 2.36. The molecular weight excluding hydrogens is 405 g/mol. The van der Waals surface area contributed by atoms with Gasteiger partial charge in [0.05, 0.1) is 11.1 Å². The molecule has 0 spiro atoms. The first kappa shape index (κ1) is 20.6. The minimum Gasteiger partial charge on any atom is -0.296 e. The number of benzene rings is 2. The molecule has 0 aliphatic carbocycles. The van der Waals surface area contributed by atoms with Gasteiger partial charge in [0.25, 0.3) is 0 Å². The van der Waals surface area contributed by atoms with E-state index < -0.39 is 40.0 Å². The van der Waals surface area contributed by atoms with E-state index in [1.807, 2.05) is 0 Å². The molecule has 140 valence electrons. The standard InChI is InChI=1S/C17H10Cl2F6O/c18-13(9-1-5-11(6-2-9)16(20,21)22)15(26)14(19)10-3-7-12(8-4-10)17(23,24)25/h1-8,13-14H. The molecule has 2 aromatic carbocycles. The second-order valence-electron chi connectivity index (χ2n) is 5.37. The van der Waals surface area contributed by atoms with Crippen molar-refractivity contribution < 1.29 is 31.1 Å². The summed E-state index contributed by atoms with van der Waals surface area (Å²) >= 11 is 12.0. The molecule has 26 heavy (non-hydrogen) atoms. The summed E-state index contributed by atoms with van der Waals surface area (Å²) in [5.74, 6) is -0.757. The Kier molecular flexibility index (Phi) is 5.92. The van der Waals surface area contributed by atoms with Gasteiger partial charge in [-0.1, -0.05) is 24.3 Å². The monoisotopic (exact) mass is 414 g/mol. The zero-order chi connectivity index (χ0) is 19.7. The molecule has 0 radical (unpaired) electrons. The molecule has 0 saturated heterocycles. The number of hydrogen-bond acceptors (Lipinski definition) is 1. The number of carbonyl (C=O) groups is 1. The topological polar surface area (TPSA) is 17.1 Å². The van der Waals surface area contributed by atoms with Crippen molar-refractivity contribution in [1.82, 2.24) is 0 Å². The summed E-state index contributed by atoms with van der Waals surface area (Å²) in [6.45, 7) is 0. The summed E-state index contributed by atoms with van der Waals surface area (Å²) in [5.41, 5.74) is -1.60. The smallest absolute Gasteiger partial charge is 0.296 e. The number of hydrogen-bond donors (Lipinski definition) is 0. The van der Waals surface area contributed by atoms with Gasteiger partial charge in [0.2, 0.25) is 0 Å². The van der Waals surface area contributed by atoms with E-state index in [4.69, 9.17) is 23.2 Å². The Morgan fingerprint density at radius 1 is 0.654 bits per heavy atom. The van der Waals surface area contributed by atoms with Gasteiger partial charge in [-0.15, -0.1) is 23.2 Å². The van der Waals surface area contributed by atoms with Gasteiger partial charge in [0, 0.05) is 0 Å². The van der Waals surface area contributed by atoms with E-state index in [1.165, 1.54) is 0 Å². The predicted molar refractivity (Wildman–Crippen MR) is 85.1 cm³/mol. The van der Waals surface area contributed by atoms with Crippen LogP contribution in [0.3, 0.4) is 0 Å². The maximum atomic E-state index is 12.5. The molecule has 0 saturated carbocycles. The van der Waals surface area contributed by atoms with Crippen molar-refractivity contribution in [1.29, 1.82) is 0 Å². The number of carbonyl (C=O) groups excluding carboxylic acids is 1. The summed E-state index contributed by atoms with van der Waals surface area (Å²) in [7, 11) is 0. The Morgan fingerprint density at radius 2 is 0.923 bits per heavy atom. The Morgan fingerprint density at radius 3 is 1.15 bits per heavy atom. The quantitative estimate of drug-likeness (QED) is 0.409. The third kappa shape index (κ3) is 4.71. The average molecular weight is 415 g/mol. The second kappa shape index (κ2) is 7.48. The lowest BCUT2D eigenvalue weighted by Crippen LogP contribution is -2.14. The van der Waals surface area contributed by atoms with Crippen LogP contribution in [0.4, 0.5) is 26.3 Å². The lowest BCUT2D eigenvalue weighted by atomic mass is 10.00. The predicted octanol–water partition coefficient (Wildman–Crippen LogP) is 6.55. The molecule has 2 rings (SSSR count). The third-order valence-electron chi connectivity index (χ3n) is 3.56. The van der Waals surface area contributed by atoms with Gasteiger partial charge in [0.1, 0.15) is 10.8 Å². The van der Waals surface area contributed by atoms with Crippen LogP contribution in [-0.2, 0) is 17.1 Å². The Balaban J connectivity index is 2.16. The minimum absolute atomic E-state index is 0.0993. The summed E-state index contributed by atoms with van der Waals surface area (Å²) in [5, 5.41) is -2.69. The molecule has 0 aliphatic rings. The van der Waals surface area contributed by atoms with E-state index in [9.17, 15) is 31.1 Å². The van der Waals surface area contributed by atoms with Gasteiger partial charge < -0.3 is 0 Å². The Labute approximate surface area is 154 Å². The van der Waals surface area contributed by atoms with Crippen LogP contribution in [0.5, 0.6) is 0 Å². The first-order chi connectivity index (χ1) is 11.9. The molecule has 0 bridgehead atoms. The normalized spacial score (nSPS) is 14.8. The molecule has 0 aliphatic heterocycles. The van der Waals surface area contributed by atoms with E-state index in [2.05, 4.69) is 0 Å². The van der Waals surface area contributed by atoms with Crippen LogP contribution in [0.1, 0.15) is 33.0 Å². The fourth-order valence-corrected chi connectivity index (χ4v) is 2.75. The van der Waals surface area contributed by atoms with Crippen LogP contribution >= 0.6 is 23.2 Å². The molecule has 1 nitrogen and oxygen atoms in total. The van der Waals surface area contributed by atoms with Gasteiger partial charge in [0.15, 0.2) is 5.78 Å². The van der Waals surface area contributed by atoms with E-state index in [0.717, 1.165) is 48.5 Å². The minimum atomic E-state index is -4.53. The zero-order valence-electron chi connectivity index (χ0n) is 12.7. The molecule has 0 aromatic heterocycles. The first-order valence-electron chi connectivity index (χ1n) is 7.07. The largest absolute Gasteiger partial charge is 0.416 e. The van der Waals surface area contributed by atoms with Gasteiger partial charge in [-0.2, -0.15) is 26.3 Å². The summed E-state index contributed by atoms with van der Waals surface area (Å²) in [6.07, 6.45) is -9.06. The van der Waals surface area contributed by atoms with Crippen molar-refractivity contribution in [2.45, 2.75) is 23.1 Å². The number of alkyl halides is 8. The van der Waals surface area contributed by atoms with Crippen molar-refractivity contribution in [2.24, 2.45) is 0 Å². The van der Waals surface area contributed by atoms with Crippen molar-refractivity contribution in [3.8, 4) is 0 Å². The molecule has 0 amide bonds. The van der Waals surface area contributed by atoms with Crippen LogP contribution in [0, 0.1) is 0 Å². The molecule has 0 heterocycles. The second-order valence-corrected chi connectivity index (χ2v) is 6.24. The molecule has 0 fully saturated rings. The van der Waals surface area contributed by atoms with Crippen LogP contribution in [0.15, 0.2) is 48.5 Å². The maximum Gasteiger partial charge on any atom is 0.416 e. The number of Topliss-reactive ketones (excluding diaryl/α,β-unsaturated/α-hetero) is 1. The van der Waals surface area contributed by atoms with E-state index in [0.29, 0.717) is 0 Å². The van der Waals surface area contributed by atoms with Crippen LogP contribution in [0.2, 0.25) is 0 Å². The van der Waals surface area contributed by atoms with Crippen LogP contribution in [-0.4, -0.2) is 5.78 Å². The molecular formula is C17H10Cl2F6O. The van der Waals surface area contributed by atoms with Gasteiger partial charge in [-0.05, 0) is 35.4 Å². The Bertz CT molecular complexity index is 700. The lowest BCUT2D eigenvalue weighted by molar-refractivity contribution is -0.138. The summed E-state index contributed by atoms with van der Waals surface area (Å²) in [4.78, 5) is 12.3. The van der Waals surface area contributed by atoms with E-state index in [-0.39, 0.29) is 11.1 Å². The summed E-state index contributed by atoms with van der Waals surface area (Å²) in [6, 6.07) is 7.31. The Hall–Kier alpha value is -1.73. The average Bonchev–Trinajstić information content (AvgIpc) is 2.58. The van der Waals surface area contributed by atoms with Crippen molar-refractivity contribution in [3.63, 3.8) is 0 Å². The van der Waals surface area contributed by atoms with Gasteiger partial charge >= 0.3 is 12.4 Å². The van der Waals surface area contributed by atoms with Crippen LogP contribution in [0.25, 0.3) is 0 Å². The number of halogens is 8. The third-order valence-corrected chi connectivity index (χ3v) is 4.50. The van der Waals surface area contributed by atoms with Crippen molar-refractivity contribution in [3.05, 3.63) is 70.8 Å². The lowest BCUT2D eigenvalue weighted by Gasteiger charge is -2.15. The van der Waals surface area contributed by atoms with Crippen molar-refractivity contribution >= 4 is 29.0 Å². The summed E-state index contributed by atoms with van der Waals surface area (Å²) < 4.78 is 75.3. The van der Waals surface area contributed by atoms with E-state index in [1.54, 1.807) is 0 Å². The highest BCUT2D eigenvalue weighted by Gasteiger charge is 2.33. The maximum absolute atomic E-state index is 12.5. The fourth-order valence-electron chi connectivity index (χ4n) is 2.14. The number of ketones is 1. The molecule has 2 atom stereocenters. The van der Waals surface area contributed by atoms with Crippen molar-refractivity contribution in [2.75, 3.05) is 0 Å². The van der Waals surface area contributed by atoms with Crippen LogP contribution < -0.4 is 0 Å². The van der Waals surface area contributed by atoms with Gasteiger partial charge in [-0.3, -0.25) is 4.79 Å². The molecule has 2 aromatic rings. The molecule has 2 unspecified atom stereocenters. The highest BCUT2D eigenvalue weighted by molar-refractivity contribution is 6.40.